The maximum Gasteiger partial charge on any atom is 0.243 e. The highest BCUT2D eigenvalue weighted by molar-refractivity contribution is 9.10. The molecule has 162 valence electrons. The molecule has 6 nitrogen and oxygen atoms in total. The summed E-state index contributed by atoms with van der Waals surface area (Å²) in [6, 6.07) is 10.7. The molecule has 1 aliphatic heterocycles. The highest BCUT2D eigenvalue weighted by Crippen LogP contribution is 2.24. The minimum atomic E-state index is -3.53. The Morgan fingerprint density at radius 3 is 2.27 bits per heavy atom. The van der Waals surface area contributed by atoms with Gasteiger partial charge in [0.2, 0.25) is 15.9 Å². The van der Waals surface area contributed by atoms with E-state index in [0.717, 1.165) is 26.9 Å². The smallest absolute Gasteiger partial charge is 0.243 e. The van der Waals surface area contributed by atoms with Crippen molar-refractivity contribution in [2.75, 3.05) is 31.5 Å². The SMILES string of the molecule is Cc1ccc(NC(=O)C(C)N2CCN(S(=O)(=O)c3ccc(C)c(C)c3)CC2)c(Br)c1. The number of sulfonamides is 1. The van der Waals surface area contributed by atoms with Crippen LogP contribution in [0.3, 0.4) is 0 Å². The molecule has 1 N–H and O–H groups in total. The van der Waals surface area contributed by atoms with Gasteiger partial charge in [-0.3, -0.25) is 9.69 Å². The van der Waals surface area contributed by atoms with Crippen LogP contribution in [0.4, 0.5) is 5.69 Å². The van der Waals surface area contributed by atoms with Gasteiger partial charge in [0.1, 0.15) is 0 Å². The first kappa shape index (κ1) is 22.9. The predicted octanol–water partition coefficient (Wildman–Crippen LogP) is 3.71. The molecular weight excluding hydrogens is 466 g/mol. The molecule has 1 atom stereocenters. The van der Waals surface area contributed by atoms with Gasteiger partial charge in [0.25, 0.3) is 0 Å². The van der Waals surface area contributed by atoms with E-state index in [-0.39, 0.29) is 11.9 Å². The van der Waals surface area contributed by atoms with Gasteiger partial charge in [-0.05, 0) is 84.6 Å². The normalized spacial score (nSPS) is 17.0. The molecule has 1 aliphatic rings. The molecule has 0 bridgehead atoms. The number of amides is 1. The first-order valence-corrected chi connectivity index (χ1v) is 12.2. The van der Waals surface area contributed by atoms with Crippen LogP contribution in [0.25, 0.3) is 0 Å². The summed E-state index contributed by atoms with van der Waals surface area (Å²) in [5, 5.41) is 2.95. The third kappa shape index (κ3) is 4.94. The summed E-state index contributed by atoms with van der Waals surface area (Å²) in [5.41, 5.74) is 3.86. The molecule has 1 amide bonds. The number of halogens is 1. The Balaban J connectivity index is 1.62. The Labute approximate surface area is 187 Å². The quantitative estimate of drug-likeness (QED) is 0.688. The minimum Gasteiger partial charge on any atom is -0.324 e. The lowest BCUT2D eigenvalue weighted by atomic mass is 10.1. The standard InChI is InChI=1S/C22H28BrN3O3S/c1-15-5-8-21(20(23)13-15)24-22(27)18(4)25-9-11-26(12-10-25)30(28,29)19-7-6-16(2)17(3)14-19/h5-8,13-14,18H,9-12H2,1-4H3,(H,24,27). The molecule has 2 aromatic carbocycles. The zero-order chi connectivity index (χ0) is 22.1. The zero-order valence-corrected chi connectivity index (χ0v) is 20.2. The van der Waals surface area contributed by atoms with Crippen molar-refractivity contribution in [2.24, 2.45) is 0 Å². The second kappa shape index (κ2) is 9.18. The lowest BCUT2D eigenvalue weighted by Gasteiger charge is -2.36. The fourth-order valence-corrected chi connectivity index (χ4v) is 5.58. The Bertz CT molecular complexity index is 1050. The van der Waals surface area contributed by atoms with Crippen LogP contribution in [0.5, 0.6) is 0 Å². The summed E-state index contributed by atoms with van der Waals surface area (Å²) < 4.78 is 28.3. The summed E-state index contributed by atoms with van der Waals surface area (Å²) >= 11 is 3.48. The van der Waals surface area contributed by atoms with E-state index >= 15 is 0 Å². The third-order valence-corrected chi connectivity index (χ3v) is 8.25. The number of nitrogens with one attached hydrogen (secondary N) is 1. The van der Waals surface area contributed by atoms with Gasteiger partial charge >= 0.3 is 0 Å². The molecule has 1 heterocycles. The number of rotatable bonds is 5. The Morgan fingerprint density at radius 1 is 1.00 bits per heavy atom. The van der Waals surface area contributed by atoms with Crippen LogP contribution in [-0.4, -0.2) is 55.8 Å². The molecule has 0 aromatic heterocycles. The summed E-state index contributed by atoms with van der Waals surface area (Å²) in [7, 11) is -3.53. The molecule has 0 saturated carbocycles. The number of carbonyl (C=O) groups is 1. The molecule has 1 fully saturated rings. The van der Waals surface area contributed by atoms with Crippen molar-refractivity contribution in [3.8, 4) is 0 Å². The summed E-state index contributed by atoms with van der Waals surface area (Å²) in [6.07, 6.45) is 0. The van der Waals surface area contributed by atoms with Crippen LogP contribution in [0.2, 0.25) is 0 Å². The lowest BCUT2D eigenvalue weighted by molar-refractivity contribution is -0.121. The lowest BCUT2D eigenvalue weighted by Crippen LogP contribution is -2.53. The average molecular weight is 494 g/mol. The molecule has 0 spiro atoms. The van der Waals surface area contributed by atoms with Gasteiger partial charge in [0, 0.05) is 30.7 Å². The molecular formula is C22H28BrN3O3S. The highest BCUT2D eigenvalue weighted by Gasteiger charge is 2.32. The minimum absolute atomic E-state index is 0.106. The van der Waals surface area contributed by atoms with E-state index in [1.54, 1.807) is 12.1 Å². The van der Waals surface area contributed by atoms with Gasteiger partial charge in [-0.25, -0.2) is 8.42 Å². The van der Waals surface area contributed by atoms with Crippen LogP contribution in [-0.2, 0) is 14.8 Å². The van der Waals surface area contributed by atoms with E-state index in [9.17, 15) is 13.2 Å². The average Bonchev–Trinajstić information content (AvgIpc) is 2.71. The monoisotopic (exact) mass is 493 g/mol. The number of piperazine rings is 1. The van der Waals surface area contributed by atoms with E-state index in [2.05, 4.69) is 21.2 Å². The van der Waals surface area contributed by atoms with Gasteiger partial charge in [-0.2, -0.15) is 4.31 Å². The molecule has 1 unspecified atom stereocenters. The summed E-state index contributed by atoms with van der Waals surface area (Å²) in [6.45, 7) is 9.46. The summed E-state index contributed by atoms with van der Waals surface area (Å²) in [5.74, 6) is -0.106. The van der Waals surface area contributed by atoms with Crippen LogP contribution in [0.15, 0.2) is 45.8 Å². The van der Waals surface area contributed by atoms with E-state index in [1.807, 2.05) is 56.9 Å². The van der Waals surface area contributed by atoms with Gasteiger partial charge < -0.3 is 5.32 Å². The van der Waals surface area contributed by atoms with E-state index in [0.29, 0.717) is 31.1 Å². The van der Waals surface area contributed by atoms with E-state index in [4.69, 9.17) is 0 Å². The van der Waals surface area contributed by atoms with Gasteiger partial charge in [-0.1, -0.05) is 12.1 Å². The fourth-order valence-electron chi connectivity index (χ4n) is 3.48. The fraction of sp³-hybridized carbons (Fsp3) is 0.409. The maximum absolute atomic E-state index is 13.0. The van der Waals surface area contributed by atoms with Gasteiger partial charge in [0.15, 0.2) is 0 Å². The van der Waals surface area contributed by atoms with Gasteiger partial charge in [0.05, 0.1) is 16.6 Å². The number of benzene rings is 2. The van der Waals surface area contributed by atoms with Crippen LogP contribution in [0.1, 0.15) is 23.6 Å². The Morgan fingerprint density at radius 2 is 1.67 bits per heavy atom. The number of nitrogens with zero attached hydrogens (tertiary/aromatic N) is 2. The van der Waals surface area contributed by atoms with E-state index in [1.165, 1.54) is 4.31 Å². The van der Waals surface area contributed by atoms with Crippen molar-refractivity contribution in [2.45, 2.75) is 38.6 Å². The molecule has 8 heteroatoms. The van der Waals surface area contributed by atoms with Crippen LogP contribution < -0.4 is 5.32 Å². The second-order valence-corrected chi connectivity index (χ2v) is 10.6. The maximum atomic E-state index is 13.0. The highest BCUT2D eigenvalue weighted by atomic mass is 79.9. The largest absolute Gasteiger partial charge is 0.324 e. The third-order valence-electron chi connectivity index (χ3n) is 5.70. The molecule has 0 aliphatic carbocycles. The predicted molar refractivity (Wildman–Crippen MR) is 123 cm³/mol. The Kier molecular flexibility index (Phi) is 7.02. The van der Waals surface area contributed by atoms with Crippen molar-refractivity contribution in [1.29, 1.82) is 0 Å². The van der Waals surface area contributed by atoms with Crippen molar-refractivity contribution >= 4 is 37.5 Å². The van der Waals surface area contributed by atoms with Crippen LogP contribution >= 0.6 is 15.9 Å². The zero-order valence-electron chi connectivity index (χ0n) is 17.8. The molecule has 30 heavy (non-hydrogen) atoms. The number of aryl methyl sites for hydroxylation is 3. The first-order chi connectivity index (χ1) is 14.1. The van der Waals surface area contributed by atoms with Crippen molar-refractivity contribution in [3.05, 3.63) is 57.6 Å². The number of carbonyl (C=O) groups excluding carboxylic acids is 1. The van der Waals surface area contributed by atoms with Crippen molar-refractivity contribution in [3.63, 3.8) is 0 Å². The van der Waals surface area contributed by atoms with Crippen molar-refractivity contribution in [1.82, 2.24) is 9.21 Å². The van der Waals surface area contributed by atoms with Crippen LogP contribution in [0, 0.1) is 20.8 Å². The molecule has 2 aromatic rings. The molecule has 1 saturated heterocycles. The molecule has 0 radical (unpaired) electrons. The Hall–Kier alpha value is -1.74. The first-order valence-electron chi connectivity index (χ1n) is 9.98. The number of hydrogen-bond donors (Lipinski definition) is 1. The van der Waals surface area contributed by atoms with Gasteiger partial charge in [-0.15, -0.1) is 0 Å². The number of hydrogen-bond acceptors (Lipinski definition) is 4. The van der Waals surface area contributed by atoms with E-state index < -0.39 is 10.0 Å². The topological polar surface area (TPSA) is 69.7 Å². The summed E-state index contributed by atoms with van der Waals surface area (Å²) in [4.78, 5) is 15.1. The number of anilines is 1. The molecule has 3 rings (SSSR count). The second-order valence-electron chi connectivity index (χ2n) is 7.83. The van der Waals surface area contributed by atoms with Crippen molar-refractivity contribution < 1.29 is 13.2 Å².